The van der Waals surface area contributed by atoms with Gasteiger partial charge in [0.15, 0.2) is 0 Å². The first kappa shape index (κ1) is 14.6. The normalized spacial score (nSPS) is 16.1. The fraction of sp³-hybridized carbons (Fsp3) is 0.294. The first-order valence-electron chi connectivity index (χ1n) is 7.90. The SMILES string of the molecule is CCc1nc(-c2ccc3c(c2)CC[C@H]3NC(=O)c2ncco2)no1. The van der Waals surface area contributed by atoms with Crippen LogP contribution < -0.4 is 5.32 Å². The number of amides is 1. The first-order chi connectivity index (χ1) is 11.7. The van der Waals surface area contributed by atoms with Crippen LogP contribution in [0.4, 0.5) is 0 Å². The summed E-state index contributed by atoms with van der Waals surface area (Å²) in [6, 6.07) is 6.00. The van der Waals surface area contributed by atoms with Gasteiger partial charge in [0.2, 0.25) is 11.7 Å². The number of hydrogen-bond donors (Lipinski definition) is 1. The van der Waals surface area contributed by atoms with Gasteiger partial charge in [-0.2, -0.15) is 4.98 Å². The molecule has 1 amide bonds. The van der Waals surface area contributed by atoms with E-state index in [1.807, 2.05) is 19.1 Å². The van der Waals surface area contributed by atoms with Crippen molar-refractivity contribution in [3.05, 3.63) is 53.6 Å². The summed E-state index contributed by atoms with van der Waals surface area (Å²) < 4.78 is 10.2. The van der Waals surface area contributed by atoms with Gasteiger partial charge in [0.1, 0.15) is 6.26 Å². The summed E-state index contributed by atoms with van der Waals surface area (Å²) in [7, 11) is 0. The van der Waals surface area contributed by atoms with Gasteiger partial charge in [-0.1, -0.05) is 24.2 Å². The summed E-state index contributed by atoms with van der Waals surface area (Å²) >= 11 is 0. The van der Waals surface area contributed by atoms with E-state index in [0.29, 0.717) is 18.1 Å². The average molecular weight is 324 g/mol. The molecule has 0 saturated heterocycles. The second-order valence-corrected chi connectivity index (χ2v) is 5.68. The number of carbonyl (C=O) groups excluding carboxylic acids is 1. The van der Waals surface area contributed by atoms with E-state index >= 15 is 0 Å². The Kier molecular flexibility index (Phi) is 3.60. The topological polar surface area (TPSA) is 94.1 Å². The van der Waals surface area contributed by atoms with Crippen molar-refractivity contribution in [3.8, 4) is 11.4 Å². The molecule has 0 unspecified atom stereocenters. The third-order valence-corrected chi connectivity index (χ3v) is 4.18. The van der Waals surface area contributed by atoms with Crippen LogP contribution in [0.3, 0.4) is 0 Å². The van der Waals surface area contributed by atoms with Crippen molar-refractivity contribution >= 4 is 5.91 Å². The van der Waals surface area contributed by atoms with Crippen molar-refractivity contribution in [1.29, 1.82) is 0 Å². The number of rotatable bonds is 4. The fourth-order valence-electron chi connectivity index (χ4n) is 2.98. The molecule has 0 fully saturated rings. The van der Waals surface area contributed by atoms with E-state index in [1.165, 1.54) is 18.0 Å². The van der Waals surface area contributed by atoms with Gasteiger partial charge < -0.3 is 14.3 Å². The predicted molar refractivity (Wildman–Crippen MR) is 84.1 cm³/mol. The van der Waals surface area contributed by atoms with Gasteiger partial charge >= 0.3 is 5.91 Å². The Morgan fingerprint density at radius 1 is 1.42 bits per heavy atom. The van der Waals surface area contributed by atoms with E-state index < -0.39 is 0 Å². The molecule has 122 valence electrons. The van der Waals surface area contributed by atoms with Crippen LogP contribution in [0.2, 0.25) is 0 Å². The fourth-order valence-corrected chi connectivity index (χ4v) is 2.98. The number of fused-ring (bicyclic) bond motifs is 1. The summed E-state index contributed by atoms with van der Waals surface area (Å²) in [6.07, 6.45) is 5.29. The maximum Gasteiger partial charge on any atom is 0.307 e. The highest BCUT2D eigenvalue weighted by molar-refractivity contribution is 5.89. The van der Waals surface area contributed by atoms with Crippen molar-refractivity contribution in [3.63, 3.8) is 0 Å². The molecular formula is C17H16N4O3. The third kappa shape index (κ3) is 2.58. The third-order valence-electron chi connectivity index (χ3n) is 4.18. The smallest absolute Gasteiger partial charge is 0.307 e. The molecule has 3 aromatic rings. The molecule has 2 aromatic heterocycles. The summed E-state index contributed by atoms with van der Waals surface area (Å²) in [5.74, 6) is 1.01. The summed E-state index contributed by atoms with van der Waals surface area (Å²) in [4.78, 5) is 20.3. The summed E-state index contributed by atoms with van der Waals surface area (Å²) in [5.41, 5.74) is 3.22. The van der Waals surface area contributed by atoms with Crippen LogP contribution in [0.5, 0.6) is 0 Å². The molecule has 7 heteroatoms. The van der Waals surface area contributed by atoms with Gasteiger partial charge in [-0.05, 0) is 30.0 Å². The lowest BCUT2D eigenvalue weighted by molar-refractivity contribution is 0.0901. The molecule has 4 rings (SSSR count). The molecule has 1 atom stereocenters. The second-order valence-electron chi connectivity index (χ2n) is 5.68. The van der Waals surface area contributed by atoms with Crippen LogP contribution in [0.1, 0.15) is 47.1 Å². The van der Waals surface area contributed by atoms with Crippen LogP contribution in [-0.4, -0.2) is 21.0 Å². The van der Waals surface area contributed by atoms with Crippen molar-refractivity contribution in [2.24, 2.45) is 0 Å². The standard InChI is InChI=1S/C17H16N4O3/c1-2-14-20-15(21-24-14)11-3-5-12-10(9-11)4-6-13(12)19-16(22)17-18-7-8-23-17/h3,5,7-9,13H,2,4,6H2,1H3,(H,19,22)/t13-/m1/s1. The lowest BCUT2D eigenvalue weighted by atomic mass is 10.0. The molecule has 7 nitrogen and oxygen atoms in total. The number of hydrogen-bond acceptors (Lipinski definition) is 6. The van der Waals surface area contributed by atoms with Crippen LogP contribution in [0, 0.1) is 0 Å². The molecule has 0 radical (unpaired) electrons. The Morgan fingerprint density at radius 2 is 2.33 bits per heavy atom. The van der Waals surface area contributed by atoms with Crippen molar-refractivity contribution < 1.29 is 13.7 Å². The Bertz CT molecular complexity index is 870. The zero-order valence-corrected chi connectivity index (χ0v) is 13.2. The van der Waals surface area contributed by atoms with Gasteiger partial charge in [-0.25, -0.2) is 4.98 Å². The predicted octanol–water partition coefficient (Wildman–Crippen LogP) is 2.70. The maximum atomic E-state index is 12.1. The minimum absolute atomic E-state index is 0.0371. The van der Waals surface area contributed by atoms with Gasteiger partial charge in [-0.15, -0.1) is 0 Å². The quantitative estimate of drug-likeness (QED) is 0.793. The van der Waals surface area contributed by atoms with Gasteiger partial charge in [0.25, 0.3) is 5.89 Å². The molecule has 0 aliphatic heterocycles. The van der Waals surface area contributed by atoms with Gasteiger partial charge in [-0.3, -0.25) is 4.79 Å². The van der Waals surface area contributed by atoms with E-state index in [2.05, 4.69) is 26.5 Å². The number of oxazole rings is 1. The lowest BCUT2D eigenvalue weighted by Crippen LogP contribution is -2.27. The number of nitrogens with zero attached hydrogens (tertiary/aromatic N) is 3. The lowest BCUT2D eigenvalue weighted by Gasteiger charge is -2.12. The molecule has 2 heterocycles. The van der Waals surface area contributed by atoms with Crippen LogP contribution in [-0.2, 0) is 12.8 Å². The first-order valence-corrected chi connectivity index (χ1v) is 7.90. The van der Waals surface area contributed by atoms with E-state index in [-0.39, 0.29) is 17.8 Å². The van der Waals surface area contributed by atoms with Gasteiger partial charge in [0.05, 0.1) is 12.2 Å². The zero-order valence-electron chi connectivity index (χ0n) is 13.2. The van der Waals surface area contributed by atoms with E-state index in [1.54, 1.807) is 0 Å². The molecule has 1 aliphatic carbocycles. The molecule has 1 aliphatic rings. The monoisotopic (exact) mass is 324 g/mol. The minimum Gasteiger partial charge on any atom is -0.441 e. The van der Waals surface area contributed by atoms with Crippen LogP contribution in [0.25, 0.3) is 11.4 Å². The maximum absolute atomic E-state index is 12.1. The molecular weight excluding hydrogens is 308 g/mol. The van der Waals surface area contributed by atoms with E-state index in [9.17, 15) is 4.79 Å². The molecule has 0 saturated carbocycles. The van der Waals surface area contributed by atoms with E-state index in [4.69, 9.17) is 8.94 Å². The highest BCUT2D eigenvalue weighted by atomic mass is 16.5. The Labute approximate surface area is 138 Å². The second kappa shape index (κ2) is 5.92. The molecule has 1 N–H and O–H groups in total. The Hall–Kier alpha value is -2.96. The number of carbonyl (C=O) groups is 1. The highest BCUT2D eigenvalue weighted by Crippen LogP contribution is 2.33. The molecule has 0 bridgehead atoms. The number of benzene rings is 1. The van der Waals surface area contributed by atoms with E-state index in [0.717, 1.165) is 24.0 Å². The highest BCUT2D eigenvalue weighted by Gasteiger charge is 2.26. The number of aryl methyl sites for hydroxylation is 2. The average Bonchev–Trinajstić information content (AvgIpc) is 3.35. The molecule has 0 spiro atoms. The molecule has 24 heavy (non-hydrogen) atoms. The van der Waals surface area contributed by atoms with Crippen molar-refractivity contribution in [2.75, 3.05) is 0 Å². The largest absolute Gasteiger partial charge is 0.441 e. The van der Waals surface area contributed by atoms with Crippen molar-refractivity contribution in [1.82, 2.24) is 20.4 Å². The zero-order chi connectivity index (χ0) is 16.5. The Balaban J connectivity index is 1.55. The Morgan fingerprint density at radius 3 is 3.08 bits per heavy atom. The van der Waals surface area contributed by atoms with Crippen LogP contribution in [0.15, 0.2) is 39.6 Å². The minimum atomic E-state index is -0.298. The number of nitrogens with one attached hydrogen (secondary N) is 1. The number of aromatic nitrogens is 3. The van der Waals surface area contributed by atoms with Crippen molar-refractivity contribution in [2.45, 2.75) is 32.2 Å². The summed E-state index contributed by atoms with van der Waals surface area (Å²) in [5, 5.41) is 6.97. The van der Waals surface area contributed by atoms with Crippen LogP contribution >= 0.6 is 0 Å². The molecule has 1 aromatic carbocycles. The van der Waals surface area contributed by atoms with Gasteiger partial charge in [0, 0.05) is 12.0 Å². The summed E-state index contributed by atoms with van der Waals surface area (Å²) in [6.45, 7) is 1.97.